The molecular formula is C19H24ClN5O. The van der Waals surface area contributed by atoms with E-state index in [-0.39, 0.29) is 11.3 Å². The maximum atomic E-state index is 12.4. The number of imidazole rings is 1. The zero-order valence-electron chi connectivity index (χ0n) is 14.8. The number of nitrogens with one attached hydrogen (secondary N) is 1. The highest BCUT2D eigenvalue weighted by Gasteiger charge is 2.42. The molecule has 26 heavy (non-hydrogen) atoms. The largest absolute Gasteiger partial charge is 0.355 e. The molecule has 2 aliphatic rings. The van der Waals surface area contributed by atoms with Gasteiger partial charge in [0.15, 0.2) is 0 Å². The van der Waals surface area contributed by atoms with Gasteiger partial charge in [0.1, 0.15) is 5.82 Å². The molecule has 1 amide bonds. The fourth-order valence-corrected chi connectivity index (χ4v) is 4.56. The van der Waals surface area contributed by atoms with Crippen LogP contribution in [0.3, 0.4) is 0 Å². The fourth-order valence-electron chi connectivity index (χ4n) is 4.31. The predicted molar refractivity (Wildman–Crippen MR) is 101 cm³/mol. The third-order valence-electron chi connectivity index (χ3n) is 5.65. The third-order valence-corrected chi connectivity index (χ3v) is 5.95. The summed E-state index contributed by atoms with van der Waals surface area (Å²) in [5.41, 5.74) is 1.21. The summed E-state index contributed by atoms with van der Waals surface area (Å²) in [7, 11) is 0. The normalized spacial score (nSPS) is 23.7. The molecule has 0 bridgehead atoms. The summed E-state index contributed by atoms with van der Waals surface area (Å²) in [6.45, 7) is 3.45. The molecule has 1 atom stereocenters. The number of hydrogen-bond donors (Lipinski definition) is 1. The first-order valence-electron chi connectivity index (χ1n) is 9.26. The lowest BCUT2D eigenvalue weighted by Crippen LogP contribution is -2.54. The summed E-state index contributed by atoms with van der Waals surface area (Å²) < 4.78 is 0. The van der Waals surface area contributed by atoms with Crippen molar-refractivity contribution in [2.75, 3.05) is 31.1 Å². The summed E-state index contributed by atoms with van der Waals surface area (Å²) in [4.78, 5) is 28.4. The van der Waals surface area contributed by atoms with Crippen molar-refractivity contribution in [3.8, 4) is 0 Å². The minimum Gasteiger partial charge on any atom is -0.355 e. The van der Waals surface area contributed by atoms with E-state index in [4.69, 9.17) is 11.6 Å². The van der Waals surface area contributed by atoms with Gasteiger partial charge in [-0.2, -0.15) is 0 Å². The summed E-state index contributed by atoms with van der Waals surface area (Å²) in [5, 5.41) is 0.701. The van der Waals surface area contributed by atoms with Crippen molar-refractivity contribution in [2.24, 2.45) is 5.41 Å². The summed E-state index contributed by atoms with van der Waals surface area (Å²) >= 11 is 6.37. The Morgan fingerprint density at radius 3 is 3.04 bits per heavy atom. The van der Waals surface area contributed by atoms with Crippen LogP contribution in [0.1, 0.15) is 31.4 Å². The van der Waals surface area contributed by atoms with Crippen molar-refractivity contribution in [1.29, 1.82) is 0 Å². The van der Waals surface area contributed by atoms with Gasteiger partial charge in [-0.15, -0.1) is 0 Å². The van der Waals surface area contributed by atoms with Crippen molar-refractivity contribution in [2.45, 2.75) is 32.1 Å². The third kappa shape index (κ3) is 3.56. The molecule has 138 valence electrons. The first-order chi connectivity index (χ1) is 12.7. The number of carbonyl (C=O) groups excluding carboxylic acids is 1. The highest BCUT2D eigenvalue weighted by Crippen LogP contribution is 2.40. The Morgan fingerprint density at radius 1 is 1.31 bits per heavy atom. The number of halogens is 1. The van der Waals surface area contributed by atoms with Crippen molar-refractivity contribution in [3.05, 3.63) is 41.6 Å². The van der Waals surface area contributed by atoms with Gasteiger partial charge in [0.05, 0.1) is 11.3 Å². The molecule has 0 saturated carbocycles. The number of anilines is 1. The molecule has 0 aromatic carbocycles. The summed E-state index contributed by atoms with van der Waals surface area (Å²) in [5.74, 6) is 1.14. The Balaban J connectivity index is 1.46. The van der Waals surface area contributed by atoms with Gasteiger partial charge in [-0.25, -0.2) is 9.97 Å². The minimum absolute atomic E-state index is 0.140. The number of likely N-dealkylation sites (tertiary alicyclic amines) is 1. The van der Waals surface area contributed by atoms with Gasteiger partial charge in [0.2, 0.25) is 5.91 Å². The average Bonchev–Trinajstić information content (AvgIpc) is 3.17. The molecule has 1 spiro atoms. The number of rotatable bonds is 4. The highest BCUT2D eigenvalue weighted by molar-refractivity contribution is 6.32. The monoisotopic (exact) mass is 373 g/mol. The highest BCUT2D eigenvalue weighted by atomic mass is 35.5. The SMILES string of the molecule is O=C1CC[C@@]2(CCCN(c3ncccc3Cl)C2)CN1CCc1cnc[nH]1. The number of amides is 1. The van der Waals surface area contributed by atoms with Crippen LogP contribution >= 0.6 is 11.6 Å². The van der Waals surface area contributed by atoms with E-state index in [0.717, 1.165) is 63.4 Å². The Kier molecular flexibility index (Phi) is 4.85. The molecule has 4 rings (SSSR count). The van der Waals surface area contributed by atoms with E-state index in [2.05, 4.69) is 19.9 Å². The van der Waals surface area contributed by atoms with Crippen LogP contribution in [0.25, 0.3) is 0 Å². The number of piperidine rings is 2. The Labute approximate surface area is 158 Å². The number of H-pyrrole nitrogens is 1. The topological polar surface area (TPSA) is 65.1 Å². The van der Waals surface area contributed by atoms with E-state index >= 15 is 0 Å². The lowest BCUT2D eigenvalue weighted by molar-refractivity contribution is -0.137. The number of nitrogens with zero attached hydrogens (tertiary/aromatic N) is 4. The Bertz CT molecular complexity index is 765. The van der Waals surface area contributed by atoms with Crippen molar-refractivity contribution < 1.29 is 4.79 Å². The minimum atomic E-state index is 0.140. The second-order valence-corrected chi connectivity index (χ2v) is 7.88. The maximum Gasteiger partial charge on any atom is 0.222 e. The van der Waals surface area contributed by atoms with Gasteiger partial charge in [0, 0.05) is 62.5 Å². The van der Waals surface area contributed by atoms with E-state index in [0.29, 0.717) is 11.4 Å². The van der Waals surface area contributed by atoms with Crippen LogP contribution in [0.2, 0.25) is 5.02 Å². The molecule has 0 aliphatic carbocycles. The zero-order chi connectivity index (χ0) is 18.0. The van der Waals surface area contributed by atoms with Crippen LogP contribution in [-0.4, -0.2) is 51.9 Å². The molecule has 2 aromatic rings. The number of aromatic nitrogens is 3. The molecule has 2 saturated heterocycles. The molecular weight excluding hydrogens is 350 g/mol. The molecule has 6 nitrogen and oxygen atoms in total. The summed E-state index contributed by atoms with van der Waals surface area (Å²) in [6, 6.07) is 3.76. The van der Waals surface area contributed by atoms with Crippen LogP contribution < -0.4 is 4.90 Å². The van der Waals surface area contributed by atoms with Crippen LogP contribution in [0, 0.1) is 5.41 Å². The molecule has 2 aliphatic heterocycles. The standard InChI is InChI=1S/C19H24ClN5O/c20-16-3-1-8-22-18(16)25-9-2-6-19(13-25)7-4-17(26)24(12-19)10-5-15-11-21-14-23-15/h1,3,8,11,14H,2,4-7,9-10,12-13H2,(H,21,23)/t19-/m0/s1. The van der Waals surface area contributed by atoms with Gasteiger partial charge in [-0.3, -0.25) is 4.79 Å². The number of carbonyl (C=O) groups is 1. The molecule has 0 radical (unpaired) electrons. The van der Waals surface area contributed by atoms with Crippen molar-refractivity contribution in [1.82, 2.24) is 19.9 Å². The molecule has 7 heteroatoms. The molecule has 2 fully saturated rings. The van der Waals surface area contributed by atoms with E-state index in [1.807, 2.05) is 23.2 Å². The lowest BCUT2D eigenvalue weighted by Gasteiger charge is -2.48. The van der Waals surface area contributed by atoms with Crippen LogP contribution in [0.15, 0.2) is 30.9 Å². The maximum absolute atomic E-state index is 12.4. The van der Waals surface area contributed by atoms with E-state index in [1.165, 1.54) is 0 Å². The number of hydrogen-bond acceptors (Lipinski definition) is 4. The van der Waals surface area contributed by atoms with Gasteiger partial charge >= 0.3 is 0 Å². The van der Waals surface area contributed by atoms with Gasteiger partial charge < -0.3 is 14.8 Å². The number of pyridine rings is 1. The van der Waals surface area contributed by atoms with Gasteiger partial charge in [0.25, 0.3) is 0 Å². The van der Waals surface area contributed by atoms with Gasteiger partial charge in [-0.05, 0) is 31.4 Å². The number of aromatic amines is 1. The Hall–Kier alpha value is -2.08. The second-order valence-electron chi connectivity index (χ2n) is 7.48. The predicted octanol–water partition coefficient (Wildman–Crippen LogP) is 2.91. The van der Waals surface area contributed by atoms with Crippen LogP contribution in [0.4, 0.5) is 5.82 Å². The van der Waals surface area contributed by atoms with Crippen molar-refractivity contribution >= 4 is 23.3 Å². The zero-order valence-corrected chi connectivity index (χ0v) is 15.6. The lowest BCUT2D eigenvalue weighted by atomic mass is 9.73. The molecule has 4 heterocycles. The fraction of sp³-hybridized carbons (Fsp3) is 0.526. The summed E-state index contributed by atoms with van der Waals surface area (Å²) in [6.07, 6.45) is 9.97. The molecule has 1 N–H and O–H groups in total. The van der Waals surface area contributed by atoms with Crippen molar-refractivity contribution in [3.63, 3.8) is 0 Å². The average molecular weight is 374 g/mol. The Morgan fingerprint density at radius 2 is 2.23 bits per heavy atom. The smallest absolute Gasteiger partial charge is 0.222 e. The molecule has 0 unspecified atom stereocenters. The quantitative estimate of drug-likeness (QED) is 0.894. The van der Waals surface area contributed by atoms with Crippen LogP contribution in [0.5, 0.6) is 0 Å². The first kappa shape index (κ1) is 17.3. The van der Waals surface area contributed by atoms with E-state index in [9.17, 15) is 4.79 Å². The molecule has 2 aromatic heterocycles. The van der Waals surface area contributed by atoms with Gasteiger partial charge in [-0.1, -0.05) is 11.6 Å². The van der Waals surface area contributed by atoms with E-state index in [1.54, 1.807) is 12.5 Å². The van der Waals surface area contributed by atoms with E-state index < -0.39 is 0 Å². The first-order valence-corrected chi connectivity index (χ1v) is 9.64. The van der Waals surface area contributed by atoms with Crippen LogP contribution in [-0.2, 0) is 11.2 Å². The second kappa shape index (κ2) is 7.27.